The van der Waals surface area contributed by atoms with Gasteiger partial charge in [0.15, 0.2) is 11.2 Å². The van der Waals surface area contributed by atoms with Crippen molar-refractivity contribution in [1.29, 1.82) is 0 Å². The van der Waals surface area contributed by atoms with Crippen LogP contribution >= 0.6 is 0 Å². The molecular formula is C20H26N6O2. The molecule has 0 bridgehead atoms. The minimum absolute atomic E-state index is 0.301. The third-order valence-corrected chi connectivity index (χ3v) is 5.86. The first kappa shape index (κ1) is 18.5. The minimum atomic E-state index is -0.357. The lowest BCUT2D eigenvalue weighted by Crippen LogP contribution is -2.47. The normalized spacial score (nSPS) is 15.5. The van der Waals surface area contributed by atoms with Gasteiger partial charge in [0.05, 0.1) is 13.0 Å². The third kappa shape index (κ3) is 2.93. The highest BCUT2D eigenvalue weighted by molar-refractivity contribution is 5.69. The van der Waals surface area contributed by atoms with Crippen LogP contribution < -0.4 is 16.1 Å². The highest BCUT2D eigenvalue weighted by atomic mass is 16.2. The monoisotopic (exact) mass is 382 g/mol. The fourth-order valence-corrected chi connectivity index (χ4v) is 3.93. The minimum Gasteiger partial charge on any atom is -0.369 e. The quantitative estimate of drug-likeness (QED) is 0.671. The number of fused-ring (bicyclic) bond motifs is 1. The third-order valence-electron chi connectivity index (χ3n) is 5.86. The lowest BCUT2D eigenvalue weighted by atomic mass is 10.1. The van der Waals surface area contributed by atoms with Crippen LogP contribution in [0.3, 0.4) is 0 Å². The van der Waals surface area contributed by atoms with Gasteiger partial charge >= 0.3 is 5.69 Å². The molecule has 1 aliphatic rings. The molecule has 4 rings (SSSR count). The molecule has 1 aromatic carbocycles. The summed E-state index contributed by atoms with van der Waals surface area (Å²) in [6.45, 7) is 8.59. The van der Waals surface area contributed by atoms with Gasteiger partial charge in [0, 0.05) is 46.0 Å². The fraction of sp³-hybridized carbons (Fsp3) is 0.450. The zero-order valence-electron chi connectivity index (χ0n) is 16.8. The summed E-state index contributed by atoms with van der Waals surface area (Å²) in [7, 11) is 3.15. The molecule has 0 radical (unpaired) electrons. The molecule has 3 aromatic rings. The van der Waals surface area contributed by atoms with E-state index in [9.17, 15) is 9.59 Å². The molecule has 0 aliphatic carbocycles. The van der Waals surface area contributed by atoms with E-state index < -0.39 is 0 Å². The van der Waals surface area contributed by atoms with Gasteiger partial charge in [0.1, 0.15) is 0 Å². The van der Waals surface area contributed by atoms with Crippen LogP contribution in [0.5, 0.6) is 0 Å². The van der Waals surface area contributed by atoms with Gasteiger partial charge < -0.3 is 9.47 Å². The molecule has 8 heteroatoms. The molecule has 0 saturated carbocycles. The maximum absolute atomic E-state index is 12.6. The van der Waals surface area contributed by atoms with Crippen molar-refractivity contribution in [3.05, 3.63) is 56.5 Å². The van der Waals surface area contributed by atoms with Crippen LogP contribution in [-0.2, 0) is 20.8 Å². The van der Waals surface area contributed by atoms with Crippen LogP contribution in [0.1, 0.15) is 11.1 Å². The summed E-state index contributed by atoms with van der Waals surface area (Å²) >= 11 is 0. The first-order valence-corrected chi connectivity index (χ1v) is 9.53. The molecule has 148 valence electrons. The maximum atomic E-state index is 12.6. The molecule has 8 nitrogen and oxygen atoms in total. The number of nitrogens with zero attached hydrogens (tertiary/aromatic N) is 6. The Balaban J connectivity index is 1.54. The van der Waals surface area contributed by atoms with Crippen molar-refractivity contribution in [2.75, 3.05) is 31.1 Å². The zero-order chi connectivity index (χ0) is 20.0. The molecule has 3 heterocycles. The standard InChI is InChI=1S/C20H26N6O2/c1-14-6-5-7-16(15(14)2)25-10-8-24(9-11-25)13-26-12-21-18-17(26)19(27)23(4)20(28)22(18)3/h5-7,12H,8-11,13H2,1-4H3. The van der Waals surface area contributed by atoms with Crippen LogP contribution in [0.15, 0.2) is 34.1 Å². The van der Waals surface area contributed by atoms with Gasteiger partial charge in [-0.1, -0.05) is 12.1 Å². The Kier molecular flexibility index (Phi) is 4.58. The fourth-order valence-electron chi connectivity index (χ4n) is 3.93. The van der Waals surface area contributed by atoms with Gasteiger partial charge in [-0.15, -0.1) is 0 Å². The van der Waals surface area contributed by atoms with E-state index in [0.29, 0.717) is 17.8 Å². The van der Waals surface area contributed by atoms with Crippen molar-refractivity contribution < 1.29 is 0 Å². The number of hydrogen-bond acceptors (Lipinski definition) is 5. The molecule has 0 spiro atoms. The van der Waals surface area contributed by atoms with Crippen LogP contribution in [0, 0.1) is 13.8 Å². The largest absolute Gasteiger partial charge is 0.369 e. The molecule has 28 heavy (non-hydrogen) atoms. The van der Waals surface area contributed by atoms with E-state index in [2.05, 4.69) is 46.8 Å². The second kappa shape index (κ2) is 6.94. The van der Waals surface area contributed by atoms with E-state index in [1.807, 2.05) is 4.57 Å². The highest BCUT2D eigenvalue weighted by Crippen LogP contribution is 2.24. The summed E-state index contributed by atoms with van der Waals surface area (Å²) in [6, 6.07) is 6.44. The number of imidazole rings is 1. The summed E-state index contributed by atoms with van der Waals surface area (Å²) in [5, 5.41) is 0. The highest BCUT2D eigenvalue weighted by Gasteiger charge is 2.21. The number of aromatic nitrogens is 4. The zero-order valence-corrected chi connectivity index (χ0v) is 16.8. The van der Waals surface area contributed by atoms with E-state index in [0.717, 1.165) is 30.7 Å². The van der Waals surface area contributed by atoms with Gasteiger partial charge in [-0.3, -0.25) is 18.8 Å². The topological polar surface area (TPSA) is 68.3 Å². The van der Waals surface area contributed by atoms with E-state index in [1.54, 1.807) is 13.4 Å². The molecular weight excluding hydrogens is 356 g/mol. The van der Waals surface area contributed by atoms with E-state index >= 15 is 0 Å². The molecule has 0 N–H and O–H groups in total. The Bertz CT molecular complexity index is 1150. The first-order chi connectivity index (χ1) is 13.4. The smallest absolute Gasteiger partial charge is 0.332 e. The first-order valence-electron chi connectivity index (χ1n) is 9.53. The van der Waals surface area contributed by atoms with Gasteiger partial charge in [-0.25, -0.2) is 9.78 Å². The van der Waals surface area contributed by atoms with Gasteiger partial charge in [0.2, 0.25) is 0 Å². The molecule has 1 aliphatic heterocycles. The molecule has 1 saturated heterocycles. The molecule has 1 fully saturated rings. The Morgan fingerprint density at radius 3 is 2.43 bits per heavy atom. The van der Waals surface area contributed by atoms with Crippen molar-refractivity contribution in [1.82, 2.24) is 23.6 Å². The number of piperazine rings is 1. The van der Waals surface area contributed by atoms with Crippen LogP contribution in [0.2, 0.25) is 0 Å². The number of rotatable bonds is 3. The van der Waals surface area contributed by atoms with E-state index in [-0.39, 0.29) is 11.2 Å². The molecule has 0 unspecified atom stereocenters. The van der Waals surface area contributed by atoms with Gasteiger partial charge in [-0.05, 0) is 31.0 Å². The lowest BCUT2D eigenvalue weighted by Gasteiger charge is -2.37. The summed E-state index contributed by atoms with van der Waals surface area (Å²) in [6.07, 6.45) is 1.66. The second-order valence-electron chi connectivity index (χ2n) is 7.56. The summed E-state index contributed by atoms with van der Waals surface area (Å²) < 4.78 is 4.41. The van der Waals surface area contributed by atoms with Gasteiger partial charge in [-0.2, -0.15) is 0 Å². The van der Waals surface area contributed by atoms with Crippen molar-refractivity contribution in [2.24, 2.45) is 14.1 Å². The summed E-state index contributed by atoms with van der Waals surface area (Å²) in [4.78, 5) is 33.7. The Hall–Kier alpha value is -2.87. The Morgan fingerprint density at radius 1 is 1.00 bits per heavy atom. The van der Waals surface area contributed by atoms with E-state index in [1.165, 1.54) is 28.4 Å². The summed E-state index contributed by atoms with van der Waals surface area (Å²) in [5.74, 6) is 0. The maximum Gasteiger partial charge on any atom is 0.332 e. The van der Waals surface area contributed by atoms with Crippen molar-refractivity contribution in [3.63, 3.8) is 0 Å². The number of anilines is 1. The Labute approximate surface area is 163 Å². The van der Waals surface area contributed by atoms with Crippen molar-refractivity contribution in [3.8, 4) is 0 Å². The second-order valence-corrected chi connectivity index (χ2v) is 7.56. The van der Waals surface area contributed by atoms with Crippen molar-refractivity contribution >= 4 is 16.9 Å². The molecule has 0 amide bonds. The van der Waals surface area contributed by atoms with E-state index in [4.69, 9.17) is 0 Å². The number of benzene rings is 1. The average Bonchev–Trinajstić information content (AvgIpc) is 3.11. The summed E-state index contributed by atoms with van der Waals surface area (Å²) in [5.41, 5.74) is 4.20. The predicted octanol–water partition coefficient (Wildman–Crippen LogP) is 0.830. The Morgan fingerprint density at radius 2 is 1.71 bits per heavy atom. The van der Waals surface area contributed by atoms with Crippen LogP contribution in [0.4, 0.5) is 5.69 Å². The predicted molar refractivity (Wildman–Crippen MR) is 110 cm³/mol. The number of aryl methyl sites for hydroxylation is 2. The lowest BCUT2D eigenvalue weighted by molar-refractivity contribution is 0.208. The van der Waals surface area contributed by atoms with Crippen LogP contribution in [-0.4, -0.2) is 49.8 Å². The van der Waals surface area contributed by atoms with Crippen molar-refractivity contribution in [2.45, 2.75) is 20.5 Å². The average molecular weight is 382 g/mol. The molecule has 2 aromatic heterocycles. The van der Waals surface area contributed by atoms with Gasteiger partial charge in [0.25, 0.3) is 5.56 Å². The number of hydrogen-bond donors (Lipinski definition) is 0. The van der Waals surface area contributed by atoms with Crippen LogP contribution in [0.25, 0.3) is 11.2 Å². The molecule has 0 atom stereocenters. The SMILES string of the molecule is Cc1cccc(N2CCN(Cn3cnc4c3c(=O)n(C)c(=O)n4C)CC2)c1C.